The van der Waals surface area contributed by atoms with Crippen molar-refractivity contribution < 1.29 is 14.3 Å². The Balaban J connectivity index is 2.25. The summed E-state index contributed by atoms with van der Waals surface area (Å²) >= 11 is 1.75. The van der Waals surface area contributed by atoms with Crippen LogP contribution in [0.1, 0.15) is 31.7 Å². The number of ether oxygens (including phenoxy) is 2. The van der Waals surface area contributed by atoms with Gasteiger partial charge in [-0.3, -0.25) is 0 Å². The molecule has 1 aliphatic heterocycles. The number of amides is 2. The number of benzene rings is 1. The Morgan fingerprint density at radius 2 is 2.05 bits per heavy atom. The van der Waals surface area contributed by atoms with Gasteiger partial charge in [0.05, 0.1) is 14.2 Å². The van der Waals surface area contributed by atoms with Gasteiger partial charge in [-0.15, -0.1) is 11.8 Å². The van der Waals surface area contributed by atoms with Gasteiger partial charge in [-0.05, 0) is 32.9 Å². The molecule has 22 heavy (non-hydrogen) atoms. The summed E-state index contributed by atoms with van der Waals surface area (Å²) in [7, 11) is 3.26. The molecule has 0 saturated carbocycles. The summed E-state index contributed by atoms with van der Waals surface area (Å²) < 4.78 is 10.7. The molecule has 1 aromatic carbocycles. The molecule has 5 nitrogen and oxygen atoms in total. The Kier molecular flexibility index (Phi) is 5.11. The monoisotopic (exact) mass is 324 g/mol. The van der Waals surface area contributed by atoms with E-state index in [1.165, 1.54) is 0 Å². The predicted octanol–water partition coefficient (Wildman–Crippen LogP) is 3.26. The number of nitrogens with one attached hydrogen (secondary N) is 1. The summed E-state index contributed by atoms with van der Waals surface area (Å²) in [5.41, 5.74) is 0.744. The Bertz CT molecular complexity index is 543. The highest BCUT2D eigenvalue weighted by molar-refractivity contribution is 7.99. The molecule has 0 bridgehead atoms. The van der Waals surface area contributed by atoms with Crippen molar-refractivity contribution in [2.45, 2.75) is 31.7 Å². The van der Waals surface area contributed by atoms with Crippen molar-refractivity contribution in [1.29, 1.82) is 0 Å². The minimum Gasteiger partial charge on any atom is -0.497 e. The summed E-state index contributed by atoms with van der Waals surface area (Å²) in [4.78, 5) is 14.4. The van der Waals surface area contributed by atoms with E-state index in [-0.39, 0.29) is 16.9 Å². The van der Waals surface area contributed by atoms with Gasteiger partial charge in [-0.1, -0.05) is 0 Å². The predicted molar refractivity (Wildman–Crippen MR) is 89.7 cm³/mol. The molecule has 1 aromatic rings. The van der Waals surface area contributed by atoms with Crippen LogP contribution in [0.25, 0.3) is 0 Å². The summed E-state index contributed by atoms with van der Waals surface area (Å²) in [6.45, 7) is 6.68. The lowest BCUT2D eigenvalue weighted by Gasteiger charge is -2.29. The quantitative estimate of drug-likeness (QED) is 0.927. The van der Waals surface area contributed by atoms with Gasteiger partial charge in [0, 0.05) is 29.5 Å². The molecule has 0 aromatic heterocycles. The van der Waals surface area contributed by atoms with Crippen LogP contribution in [-0.2, 0) is 0 Å². The molecule has 2 rings (SSSR count). The third-order valence-electron chi connectivity index (χ3n) is 3.34. The number of carbonyl (C=O) groups excluding carboxylic acids is 1. The molecule has 1 aliphatic rings. The zero-order valence-corrected chi connectivity index (χ0v) is 14.6. The van der Waals surface area contributed by atoms with Crippen LogP contribution in [0.15, 0.2) is 18.2 Å². The summed E-state index contributed by atoms with van der Waals surface area (Å²) in [6, 6.07) is 5.68. The zero-order valence-electron chi connectivity index (χ0n) is 13.8. The molecule has 0 aliphatic carbocycles. The second kappa shape index (κ2) is 6.69. The Labute approximate surface area is 136 Å². The van der Waals surface area contributed by atoms with Gasteiger partial charge in [0.25, 0.3) is 0 Å². The Morgan fingerprint density at radius 1 is 1.32 bits per heavy atom. The summed E-state index contributed by atoms with van der Waals surface area (Å²) in [5, 5.41) is 2.99. The van der Waals surface area contributed by atoms with Gasteiger partial charge in [0.2, 0.25) is 0 Å². The van der Waals surface area contributed by atoms with Gasteiger partial charge < -0.3 is 19.7 Å². The fourth-order valence-electron chi connectivity index (χ4n) is 2.35. The number of nitrogens with zero attached hydrogens (tertiary/aromatic N) is 1. The zero-order chi connectivity index (χ0) is 16.3. The van der Waals surface area contributed by atoms with Gasteiger partial charge in [-0.2, -0.15) is 0 Å². The standard InChI is InChI=1S/C16H24N2O3S/c1-16(2,3)17-15(19)18-8-9-22-14(18)12-7-6-11(20-4)10-13(12)21-5/h6-7,10,14H,8-9H2,1-5H3,(H,17,19)/t14-/m0/s1. The highest BCUT2D eigenvalue weighted by Gasteiger charge is 2.34. The molecule has 6 heteroatoms. The number of hydrogen-bond acceptors (Lipinski definition) is 4. The van der Waals surface area contributed by atoms with Crippen molar-refractivity contribution >= 4 is 17.8 Å². The van der Waals surface area contributed by atoms with Crippen LogP contribution in [-0.4, -0.2) is 43.0 Å². The summed E-state index contributed by atoms with van der Waals surface area (Å²) in [5.74, 6) is 2.40. The number of hydrogen-bond donors (Lipinski definition) is 1. The topological polar surface area (TPSA) is 50.8 Å². The maximum atomic E-state index is 12.5. The molecule has 1 N–H and O–H groups in total. The van der Waals surface area contributed by atoms with Crippen LogP contribution in [0.3, 0.4) is 0 Å². The lowest BCUT2D eigenvalue weighted by Crippen LogP contribution is -2.48. The minimum absolute atomic E-state index is 0.0387. The van der Waals surface area contributed by atoms with Crippen LogP contribution >= 0.6 is 11.8 Å². The van der Waals surface area contributed by atoms with Crippen molar-refractivity contribution in [1.82, 2.24) is 10.2 Å². The molecule has 1 fully saturated rings. The normalized spacial score (nSPS) is 18.2. The average Bonchev–Trinajstić information content (AvgIpc) is 2.94. The second-order valence-electron chi connectivity index (χ2n) is 6.20. The molecule has 122 valence electrons. The molecule has 2 amide bonds. The summed E-state index contributed by atoms with van der Waals surface area (Å²) in [6.07, 6.45) is 0. The molecular weight excluding hydrogens is 300 g/mol. The minimum atomic E-state index is -0.251. The maximum Gasteiger partial charge on any atom is 0.319 e. The smallest absolute Gasteiger partial charge is 0.319 e. The van der Waals surface area contributed by atoms with Crippen LogP contribution in [0.2, 0.25) is 0 Å². The fraction of sp³-hybridized carbons (Fsp3) is 0.562. The van der Waals surface area contributed by atoms with Crippen molar-refractivity contribution in [3.05, 3.63) is 23.8 Å². The Hall–Kier alpha value is -1.56. The van der Waals surface area contributed by atoms with E-state index in [2.05, 4.69) is 5.32 Å². The molecule has 0 radical (unpaired) electrons. The van der Waals surface area contributed by atoms with Crippen LogP contribution in [0.4, 0.5) is 4.79 Å². The molecule has 0 spiro atoms. The molecule has 1 atom stereocenters. The largest absolute Gasteiger partial charge is 0.497 e. The van der Waals surface area contributed by atoms with E-state index in [1.807, 2.05) is 43.9 Å². The lowest BCUT2D eigenvalue weighted by molar-refractivity contribution is 0.190. The van der Waals surface area contributed by atoms with E-state index in [0.717, 1.165) is 29.4 Å². The van der Waals surface area contributed by atoms with Crippen molar-refractivity contribution in [2.75, 3.05) is 26.5 Å². The van der Waals surface area contributed by atoms with Gasteiger partial charge >= 0.3 is 6.03 Å². The SMILES string of the molecule is COc1ccc([C@@H]2SCCN2C(=O)NC(C)(C)C)c(OC)c1. The van der Waals surface area contributed by atoms with Crippen LogP contribution < -0.4 is 14.8 Å². The van der Waals surface area contributed by atoms with Gasteiger partial charge in [-0.25, -0.2) is 4.79 Å². The van der Waals surface area contributed by atoms with Crippen LogP contribution in [0.5, 0.6) is 11.5 Å². The highest BCUT2D eigenvalue weighted by atomic mass is 32.2. The first-order valence-electron chi connectivity index (χ1n) is 7.28. The molecule has 0 unspecified atom stereocenters. The number of methoxy groups -OCH3 is 2. The lowest BCUT2D eigenvalue weighted by atomic mass is 10.1. The first kappa shape index (κ1) is 16.8. The van der Waals surface area contributed by atoms with Gasteiger partial charge in [0.15, 0.2) is 0 Å². The van der Waals surface area contributed by atoms with E-state index in [0.29, 0.717) is 0 Å². The molecular formula is C16H24N2O3S. The third-order valence-corrected chi connectivity index (χ3v) is 4.58. The number of carbonyl (C=O) groups is 1. The third kappa shape index (κ3) is 3.80. The number of urea groups is 1. The highest BCUT2D eigenvalue weighted by Crippen LogP contribution is 2.43. The fourth-order valence-corrected chi connectivity index (χ4v) is 3.63. The van der Waals surface area contributed by atoms with Crippen molar-refractivity contribution in [3.8, 4) is 11.5 Å². The first-order chi connectivity index (χ1) is 10.4. The van der Waals surface area contributed by atoms with E-state index < -0.39 is 0 Å². The second-order valence-corrected chi connectivity index (χ2v) is 7.39. The van der Waals surface area contributed by atoms with Gasteiger partial charge in [0.1, 0.15) is 16.9 Å². The number of rotatable bonds is 3. The van der Waals surface area contributed by atoms with E-state index >= 15 is 0 Å². The van der Waals surface area contributed by atoms with E-state index in [9.17, 15) is 4.79 Å². The first-order valence-corrected chi connectivity index (χ1v) is 8.33. The van der Waals surface area contributed by atoms with E-state index in [4.69, 9.17) is 9.47 Å². The molecule has 1 heterocycles. The van der Waals surface area contributed by atoms with Crippen LogP contribution in [0, 0.1) is 0 Å². The Morgan fingerprint density at radius 3 is 2.64 bits per heavy atom. The van der Waals surface area contributed by atoms with Crippen molar-refractivity contribution in [3.63, 3.8) is 0 Å². The van der Waals surface area contributed by atoms with Crippen molar-refractivity contribution in [2.24, 2.45) is 0 Å². The van der Waals surface area contributed by atoms with E-state index in [1.54, 1.807) is 26.0 Å². The number of thioether (sulfide) groups is 1. The maximum absolute atomic E-state index is 12.5. The average molecular weight is 324 g/mol. The molecule has 1 saturated heterocycles.